The van der Waals surface area contributed by atoms with Crippen LogP contribution in [-0.4, -0.2) is 9.36 Å². The lowest BCUT2D eigenvalue weighted by molar-refractivity contribution is 0.630. The molecule has 158 valence electrons. The third kappa shape index (κ3) is 4.90. The summed E-state index contributed by atoms with van der Waals surface area (Å²) in [6.45, 7) is 3.35. The summed E-state index contributed by atoms with van der Waals surface area (Å²) >= 11 is 4.67. The van der Waals surface area contributed by atoms with Crippen LogP contribution in [0.2, 0.25) is 0 Å². The van der Waals surface area contributed by atoms with E-state index in [1.54, 1.807) is 4.68 Å². The highest BCUT2D eigenvalue weighted by molar-refractivity contribution is 14.1. The van der Waals surface area contributed by atoms with E-state index in [9.17, 15) is 4.79 Å². The Morgan fingerprint density at radius 2 is 1.35 bits per heavy atom. The number of para-hydroxylation sites is 1. The standard InChI is InChI=1S/C25H23I2N3O/c1-18-24(25(31)30(28(18)2)23-12-4-3-5-13-23)29(16-19-8-6-10-21(26)14-19)17-20-9-7-11-22(27)15-20/h3-15H,16-17H2,1-2H3. The van der Waals surface area contributed by atoms with Crippen molar-refractivity contribution in [3.63, 3.8) is 0 Å². The number of hydrogen-bond donors (Lipinski definition) is 0. The van der Waals surface area contributed by atoms with Gasteiger partial charge in [0.15, 0.2) is 0 Å². The van der Waals surface area contributed by atoms with Crippen molar-refractivity contribution >= 4 is 50.9 Å². The molecule has 1 heterocycles. The zero-order chi connectivity index (χ0) is 22.0. The Hall–Kier alpha value is -2.07. The molecule has 0 N–H and O–H groups in total. The van der Waals surface area contributed by atoms with Gasteiger partial charge >= 0.3 is 0 Å². The molecule has 0 saturated carbocycles. The molecule has 4 rings (SSSR count). The highest BCUT2D eigenvalue weighted by Gasteiger charge is 2.22. The molecule has 0 fully saturated rings. The van der Waals surface area contributed by atoms with Gasteiger partial charge in [0.2, 0.25) is 0 Å². The topological polar surface area (TPSA) is 30.2 Å². The average molecular weight is 635 g/mol. The number of halogens is 2. The Bertz CT molecular complexity index is 1210. The molecule has 0 aliphatic rings. The first-order valence-corrected chi connectivity index (χ1v) is 12.2. The number of benzene rings is 3. The largest absolute Gasteiger partial charge is 0.357 e. The molecule has 0 unspecified atom stereocenters. The summed E-state index contributed by atoms with van der Waals surface area (Å²) < 4.78 is 6.08. The van der Waals surface area contributed by atoms with Crippen molar-refractivity contribution in [1.29, 1.82) is 0 Å². The van der Waals surface area contributed by atoms with Gasteiger partial charge in [-0.1, -0.05) is 42.5 Å². The number of hydrogen-bond acceptors (Lipinski definition) is 2. The molecule has 0 atom stereocenters. The first-order valence-electron chi connectivity index (χ1n) is 10.0. The van der Waals surface area contributed by atoms with E-state index in [0.29, 0.717) is 13.1 Å². The molecule has 31 heavy (non-hydrogen) atoms. The van der Waals surface area contributed by atoms with Gasteiger partial charge in [0.25, 0.3) is 5.56 Å². The fraction of sp³-hybridized carbons (Fsp3) is 0.160. The highest BCUT2D eigenvalue weighted by atomic mass is 127. The van der Waals surface area contributed by atoms with E-state index < -0.39 is 0 Å². The quantitative estimate of drug-likeness (QED) is 0.247. The fourth-order valence-corrected chi connectivity index (χ4v) is 5.06. The number of aromatic nitrogens is 2. The molecule has 0 radical (unpaired) electrons. The van der Waals surface area contributed by atoms with E-state index in [-0.39, 0.29) is 5.56 Å². The molecule has 0 spiro atoms. The van der Waals surface area contributed by atoms with E-state index in [2.05, 4.69) is 98.6 Å². The van der Waals surface area contributed by atoms with E-state index >= 15 is 0 Å². The van der Waals surface area contributed by atoms with Crippen LogP contribution in [0.25, 0.3) is 5.69 Å². The summed E-state index contributed by atoms with van der Waals surface area (Å²) in [6, 6.07) is 26.7. The van der Waals surface area contributed by atoms with Crippen molar-refractivity contribution in [1.82, 2.24) is 9.36 Å². The van der Waals surface area contributed by atoms with Crippen molar-refractivity contribution in [2.45, 2.75) is 20.0 Å². The van der Waals surface area contributed by atoms with Crippen LogP contribution in [0.1, 0.15) is 16.8 Å². The van der Waals surface area contributed by atoms with Crippen molar-refractivity contribution < 1.29 is 0 Å². The molecule has 0 amide bonds. The van der Waals surface area contributed by atoms with Crippen molar-refractivity contribution in [2.75, 3.05) is 4.90 Å². The van der Waals surface area contributed by atoms with Crippen molar-refractivity contribution in [3.8, 4) is 5.69 Å². The summed E-state index contributed by atoms with van der Waals surface area (Å²) in [6.07, 6.45) is 0. The molecule has 6 heteroatoms. The predicted molar refractivity (Wildman–Crippen MR) is 144 cm³/mol. The summed E-state index contributed by atoms with van der Waals surface area (Å²) in [7, 11) is 1.95. The number of rotatable bonds is 6. The minimum absolute atomic E-state index is 0.00227. The normalized spacial score (nSPS) is 11.0. The summed E-state index contributed by atoms with van der Waals surface area (Å²) in [5.74, 6) is 0. The molecular weight excluding hydrogens is 612 g/mol. The summed E-state index contributed by atoms with van der Waals surface area (Å²) in [5, 5.41) is 0. The fourth-order valence-electron chi connectivity index (χ4n) is 3.84. The van der Waals surface area contributed by atoms with Gasteiger partial charge in [-0.25, -0.2) is 4.68 Å². The van der Waals surface area contributed by atoms with Gasteiger partial charge < -0.3 is 4.90 Å². The molecule has 3 aromatic carbocycles. The molecule has 0 saturated heterocycles. The molecule has 0 aliphatic carbocycles. The van der Waals surface area contributed by atoms with Crippen LogP contribution in [0, 0.1) is 14.1 Å². The van der Waals surface area contributed by atoms with Crippen LogP contribution in [0.4, 0.5) is 5.69 Å². The van der Waals surface area contributed by atoms with Gasteiger partial charge in [-0.3, -0.25) is 9.48 Å². The summed E-state index contributed by atoms with van der Waals surface area (Å²) in [5.41, 5.74) is 4.93. The van der Waals surface area contributed by atoms with Crippen LogP contribution in [0.15, 0.2) is 83.7 Å². The third-order valence-electron chi connectivity index (χ3n) is 5.36. The Balaban J connectivity index is 1.82. The van der Waals surface area contributed by atoms with Gasteiger partial charge in [0, 0.05) is 27.3 Å². The second kappa shape index (κ2) is 9.60. The number of anilines is 1. The van der Waals surface area contributed by atoms with E-state index in [4.69, 9.17) is 0 Å². The predicted octanol–water partition coefficient (Wildman–Crippen LogP) is 5.90. The summed E-state index contributed by atoms with van der Waals surface area (Å²) in [4.78, 5) is 15.9. The van der Waals surface area contributed by atoms with Crippen molar-refractivity contribution in [3.05, 3.63) is 113 Å². The van der Waals surface area contributed by atoms with Gasteiger partial charge in [-0.2, -0.15) is 0 Å². The van der Waals surface area contributed by atoms with Crippen LogP contribution in [-0.2, 0) is 20.1 Å². The van der Waals surface area contributed by atoms with Crippen molar-refractivity contribution in [2.24, 2.45) is 7.05 Å². The van der Waals surface area contributed by atoms with Gasteiger partial charge in [0.1, 0.15) is 5.69 Å². The monoisotopic (exact) mass is 635 g/mol. The average Bonchev–Trinajstić information content (AvgIpc) is 2.96. The Kier molecular flexibility index (Phi) is 6.86. The zero-order valence-corrected chi connectivity index (χ0v) is 21.7. The van der Waals surface area contributed by atoms with Gasteiger partial charge in [-0.15, -0.1) is 0 Å². The SMILES string of the molecule is Cc1c(N(Cc2cccc(I)c2)Cc2cccc(I)c2)c(=O)n(-c2ccccc2)n1C. The maximum absolute atomic E-state index is 13.7. The van der Waals surface area contributed by atoms with Crippen LogP contribution in [0.3, 0.4) is 0 Å². The second-order valence-electron chi connectivity index (χ2n) is 7.53. The lowest BCUT2D eigenvalue weighted by Gasteiger charge is -2.24. The Labute approximate surface area is 209 Å². The lowest BCUT2D eigenvalue weighted by Crippen LogP contribution is -2.29. The smallest absolute Gasteiger partial charge is 0.295 e. The minimum atomic E-state index is 0.00227. The molecule has 1 aromatic heterocycles. The molecule has 0 bridgehead atoms. The molecule has 4 nitrogen and oxygen atoms in total. The highest BCUT2D eigenvalue weighted by Crippen LogP contribution is 2.24. The number of nitrogens with zero attached hydrogens (tertiary/aromatic N) is 3. The van der Waals surface area contributed by atoms with Crippen LogP contribution in [0.5, 0.6) is 0 Å². The van der Waals surface area contributed by atoms with Gasteiger partial charge in [-0.05, 0) is 99.6 Å². The van der Waals surface area contributed by atoms with Gasteiger partial charge in [0.05, 0.1) is 11.4 Å². The third-order valence-corrected chi connectivity index (χ3v) is 6.71. The first kappa shape index (κ1) is 22.1. The minimum Gasteiger partial charge on any atom is -0.357 e. The maximum Gasteiger partial charge on any atom is 0.295 e. The van der Waals surface area contributed by atoms with Crippen LogP contribution >= 0.6 is 45.2 Å². The van der Waals surface area contributed by atoms with E-state index in [1.807, 2.05) is 49.0 Å². The molecular formula is C25H23I2N3O. The zero-order valence-electron chi connectivity index (χ0n) is 17.4. The maximum atomic E-state index is 13.7. The Morgan fingerprint density at radius 3 is 1.87 bits per heavy atom. The van der Waals surface area contributed by atoms with E-state index in [0.717, 1.165) is 17.1 Å². The van der Waals surface area contributed by atoms with E-state index in [1.165, 1.54) is 18.3 Å². The molecule has 0 aliphatic heterocycles. The Morgan fingerprint density at radius 1 is 0.806 bits per heavy atom. The second-order valence-corrected chi connectivity index (χ2v) is 10.0. The lowest BCUT2D eigenvalue weighted by atomic mass is 10.1. The first-order chi connectivity index (χ1) is 14.9. The van der Waals surface area contributed by atoms with Crippen LogP contribution < -0.4 is 10.5 Å². The molecule has 4 aromatic rings.